The second-order valence-corrected chi connectivity index (χ2v) is 9.80. The quantitative estimate of drug-likeness (QED) is 0.433. The zero-order valence-electron chi connectivity index (χ0n) is 21.8. The maximum Gasteiger partial charge on any atom is 0.243 e. The molecule has 1 saturated heterocycles. The van der Waals surface area contributed by atoms with Gasteiger partial charge in [0.1, 0.15) is 23.5 Å². The van der Waals surface area contributed by atoms with Crippen LogP contribution in [0.2, 0.25) is 0 Å². The molecule has 1 aromatic carbocycles. The third kappa shape index (κ3) is 5.83. The predicted molar refractivity (Wildman–Crippen MR) is 140 cm³/mol. The first-order valence-corrected chi connectivity index (χ1v) is 12.4. The molecule has 3 unspecified atom stereocenters. The van der Waals surface area contributed by atoms with Crippen molar-refractivity contribution in [3.8, 4) is 0 Å². The number of aryl methyl sites for hydroxylation is 1. The summed E-state index contributed by atoms with van der Waals surface area (Å²) < 4.78 is 19.4. The lowest BCUT2D eigenvalue weighted by atomic mass is 9.91. The fourth-order valence-electron chi connectivity index (χ4n) is 4.78. The molecule has 7 heteroatoms. The summed E-state index contributed by atoms with van der Waals surface area (Å²) in [7, 11) is 0. The molecule has 1 fully saturated rings. The molecule has 0 radical (unpaired) electrons. The number of carbonyl (C=O) groups excluding carboxylic acids is 2. The Bertz CT molecular complexity index is 1160. The highest BCUT2D eigenvalue weighted by Gasteiger charge is 2.40. The van der Waals surface area contributed by atoms with Crippen molar-refractivity contribution in [3.63, 3.8) is 0 Å². The van der Waals surface area contributed by atoms with E-state index in [-0.39, 0.29) is 23.8 Å². The number of amides is 2. The van der Waals surface area contributed by atoms with Crippen LogP contribution in [-0.2, 0) is 9.59 Å². The molecule has 192 valence electrons. The molecule has 1 aromatic heterocycles. The van der Waals surface area contributed by atoms with Crippen LogP contribution in [0.4, 0.5) is 4.39 Å². The summed E-state index contributed by atoms with van der Waals surface area (Å²) >= 11 is 0. The molecule has 2 amide bonds. The number of rotatable bonds is 9. The van der Waals surface area contributed by atoms with Crippen LogP contribution in [-0.4, -0.2) is 34.5 Å². The molecule has 1 aliphatic heterocycles. The van der Waals surface area contributed by atoms with Crippen LogP contribution in [0, 0.1) is 12.8 Å². The maximum absolute atomic E-state index is 14.0. The van der Waals surface area contributed by atoms with Crippen molar-refractivity contribution in [3.05, 3.63) is 83.5 Å². The van der Waals surface area contributed by atoms with Crippen LogP contribution >= 0.6 is 0 Å². The molecule has 3 atom stereocenters. The number of nitrogens with one attached hydrogen (secondary N) is 1. The maximum atomic E-state index is 14.0. The van der Waals surface area contributed by atoms with Gasteiger partial charge in [-0.1, -0.05) is 62.5 Å². The van der Waals surface area contributed by atoms with E-state index in [2.05, 4.69) is 23.6 Å². The summed E-state index contributed by atoms with van der Waals surface area (Å²) in [4.78, 5) is 28.4. The molecule has 6 nitrogen and oxygen atoms in total. The Morgan fingerprint density at radius 1 is 1.25 bits per heavy atom. The second kappa shape index (κ2) is 11.5. The smallest absolute Gasteiger partial charge is 0.243 e. The Kier molecular flexibility index (Phi) is 8.66. The van der Waals surface area contributed by atoms with E-state index >= 15 is 0 Å². The first kappa shape index (κ1) is 27.1. The summed E-state index contributed by atoms with van der Waals surface area (Å²) in [5, 5.41) is 6.99. The molecule has 36 heavy (non-hydrogen) atoms. The van der Waals surface area contributed by atoms with Crippen LogP contribution < -0.4 is 5.32 Å². The summed E-state index contributed by atoms with van der Waals surface area (Å²) in [5.74, 6) is -0.782. The third-order valence-electron chi connectivity index (χ3n) is 6.75. The summed E-state index contributed by atoms with van der Waals surface area (Å²) in [6.07, 6.45) is 2.97. The van der Waals surface area contributed by atoms with Gasteiger partial charge in [-0.15, -0.1) is 0 Å². The lowest BCUT2D eigenvalue weighted by molar-refractivity contribution is -0.141. The summed E-state index contributed by atoms with van der Waals surface area (Å²) in [5.41, 5.74) is 3.40. The van der Waals surface area contributed by atoms with Crippen LogP contribution in [0.5, 0.6) is 0 Å². The number of nitrogens with zero attached hydrogens (tertiary/aromatic N) is 2. The topological polar surface area (TPSA) is 75.4 Å². The SMILES string of the molecule is C=C/C(C)=C(\C(=C)F)c1ccc(C(C)NC(=O)C2CCCN2C(=O)C(c2cc(C)no2)C(C)C)cc1. The lowest BCUT2D eigenvalue weighted by Crippen LogP contribution is -2.48. The van der Waals surface area contributed by atoms with Crippen molar-refractivity contribution in [1.82, 2.24) is 15.4 Å². The van der Waals surface area contributed by atoms with Gasteiger partial charge in [0.2, 0.25) is 11.8 Å². The number of carbonyl (C=O) groups is 2. The highest BCUT2D eigenvalue weighted by molar-refractivity contribution is 5.91. The number of likely N-dealkylation sites (tertiary alicyclic amines) is 1. The second-order valence-electron chi connectivity index (χ2n) is 9.80. The van der Waals surface area contributed by atoms with Crippen molar-refractivity contribution in [1.29, 1.82) is 0 Å². The standard InChI is InChI=1S/C29H36FN3O3/c1-8-18(4)27(20(6)30)23-13-11-22(12-14-23)21(7)31-28(34)24-10-9-15-33(24)29(35)26(17(2)3)25-16-19(5)32-36-25/h8,11-14,16-17,21,24,26H,1,6,9-10,15H2,2-5,7H3,(H,31,34)/b27-18+. The number of allylic oxidation sites excluding steroid dienone is 4. The van der Waals surface area contributed by atoms with Crippen molar-refractivity contribution >= 4 is 17.4 Å². The summed E-state index contributed by atoms with van der Waals surface area (Å²) in [6, 6.07) is 8.30. The number of hydrogen-bond donors (Lipinski definition) is 1. The van der Waals surface area contributed by atoms with Crippen LogP contribution in [0.3, 0.4) is 0 Å². The Labute approximate surface area is 212 Å². The van der Waals surface area contributed by atoms with Crippen LogP contribution in [0.1, 0.15) is 75.1 Å². The third-order valence-corrected chi connectivity index (χ3v) is 6.75. The van der Waals surface area contributed by atoms with Crippen LogP contribution in [0.25, 0.3) is 5.57 Å². The molecule has 1 aliphatic rings. The lowest BCUT2D eigenvalue weighted by Gasteiger charge is -2.29. The Hall–Kier alpha value is -3.48. The Balaban J connectivity index is 1.73. The van der Waals surface area contributed by atoms with Crippen molar-refractivity contribution < 1.29 is 18.5 Å². The van der Waals surface area contributed by atoms with Gasteiger partial charge in [-0.3, -0.25) is 9.59 Å². The van der Waals surface area contributed by atoms with Gasteiger partial charge in [0.05, 0.1) is 11.7 Å². The largest absolute Gasteiger partial charge is 0.360 e. The van der Waals surface area contributed by atoms with Crippen molar-refractivity contribution in [2.24, 2.45) is 5.92 Å². The predicted octanol–water partition coefficient (Wildman–Crippen LogP) is 6.03. The van der Waals surface area contributed by atoms with Gasteiger partial charge < -0.3 is 14.7 Å². The minimum Gasteiger partial charge on any atom is -0.360 e. The van der Waals surface area contributed by atoms with Crippen LogP contribution in [0.15, 0.2) is 65.5 Å². The van der Waals surface area contributed by atoms with Gasteiger partial charge in [0.25, 0.3) is 0 Å². The number of hydrogen-bond acceptors (Lipinski definition) is 4. The molecule has 0 bridgehead atoms. The molecule has 0 spiro atoms. The van der Waals surface area contributed by atoms with E-state index in [4.69, 9.17) is 4.52 Å². The fourth-order valence-corrected chi connectivity index (χ4v) is 4.78. The molecule has 1 N–H and O–H groups in total. The van der Waals surface area contributed by atoms with Gasteiger partial charge in [0, 0.05) is 18.2 Å². The Morgan fingerprint density at radius 2 is 1.92 bits per heavy atom. The molecule has 2 aromatic rings. The molecular weight excluding hydrogens is 457 g/mol. The highest BCUT2D eigenvalue weighted by atomic mass is 19.1. The number of aromatic nitrogens is 1. The average Bonchev–Trinajstić information content (AvgIpc) is 3.48. The molecule has 0 aliphatic carbocycles. The fraction of sp³-hybridized carbons (Fsp3) is 0.414. The average molecular weight is 494 g/mol. The molecule has 3 rings (SSSR count). The van der Waals surface area contributed by atoms with E-state index in [0.29, 0.717) is 35.4 Å². The first-order chi connectivity index (χ1) is 17.0. The van der Waals surface area contributed by atoms with Gasteiger partial charge in [-0.2, -0.15) is 0 Å². The Morgan fingerprint density at radius 3 is 2.44 bits per heavy atom. The molecule has 0 saturated carbocycles. The minimum absolute atomic E-state index is 0.00401. The summed E-state index contributed by atoms with van der Waals surface area (Å²) in [6.45, 7) is 17.1. The van der Waals surface area contributed by atoms with E-state index in [1.165, 1.54) is 0 Å². The van der Waals surface area contributed by atoms with E-state index in [9.17, 15) is 14.0 Å². The van der Waals surface area contributed by atoms with Gasteiger partial charge in [-0.25, -0.2) is 4.39 Å². The van der Waals surface area contributed by atoms with Crippen molar-refractivity contribution in [2.45, 2.75) is 65.5 Å². The monoisotopic (exact) mass is 493 g/mol. The zero-order valence-corrected chi connectivity index (χ0v) is 21.8. The van der Waals surface area contributed by atoms with E-state index in [1.54, 1.807) is 24.0 Å². The number of benzene rings is 1. The van der Waals surface area contributed by atoms with Gasteiger partial charge >= 0.3 is 0 Å². The highest BCUT2D eigenvalue weighted by Crippen LogP contribution is 2.32. The van der Waals surface area contributed by atoms with Gasteiger partial charge in [0.15, 0.2) is 0 Å². The molecule has 2 heterocycles. The number of halogens is 1. The minimum atomic E-state index is -0.538. The van der Waals surface area contributed by atoms with Gasteiger partial charge in [-0.05, 0) is 56.2 Å². The van der Waals surface area contributed by atoms with E-state index in [0.717, 1.165) is 17.7 Å². The zero-order chi connectivity index (χ0) is 26.6. The normalized spacial score (nSPS) is 18.0. The van der Waals surface area contributed by atoms with E-state index < -0.39 is 17.8 Å². The molecular formula is C29H36FN3O3. The van der Waals surface area contributed by atoms with Crippen molar-refractivity contribution in [2.75, 3.05) is 6.54 Å². The first-order valence-electron chi connectivity index (χ1n) is 12.4. The van der Waals surface area contributed by atoms with E-state index in [1.807, 2.05) is 52.0 Å².